The molecule has 2 aromatic heterocycles. The Labute approximate surface area is 136 Å². The molecule has 6 heteroatoms. The Hall–Kier alpha value is -2.73. The normalized spacial score (nSPS) is 11.2. The zero-order chi connectivity index (χ0) is 16.4. The molecule has 0 spiro atoms. The van der Waals surface area contributed by atoms with Crippen LogP contribution in [0.15, 0.2) is 51.5 Å². The predicted molar refractivity (Wildman–Crippen MR) is 93.4 cm³/mol. The standard InChI is InChI=1S/C17H15N3O2S/c1-19-10-13(16(21)20(2)17(19)22)8-9-15-18-14(11-23-15)12-6-4-3-5-7-12/h3-11H,1-2H3/b9-8+. The Balaban J connectivity index is 1.92. The summed E-state index contributed by atoms with van der Waals surface area (Å²) in [5, 5.41) is 2.79. The second kappa shape index (κ2) is 6.18. The maximum atomic E-state index is 12.1. The number of thiazole rings is 1. The van der Waals surface area contributed by atoms with Crippen molar-refractivity contribution in [2.24, 2.45) is 14.1 Å². The molecule has 0 unspecified atom stereocenters. The lowest BCUT2D eigenvalue weighted by Crippen LogP contribution is -2.37. The van der Waals surface area contributed by atoms with Crippen LogP contribution < -0.4 is 11.2 Å². The van der Waals surface area contributed by atoms with Gasteiger partial charge in [0.15, 0.2) is 0 Å². The second-order valence-corrected chi connectivity index (χ2v) is 6.00. The van der Waals surface area contributed by atoms with Gasteiger partial charge in [-0.3, -0.25) is 9.36 Å². The molecule has 1 aromatic carbocycles. The summed E-state index contributed by atoms with van der Waals surface area (Å²) in [6.45, 7) is 0. The number of aromatic nitrogens is 3. The lowest BCUT2D eigenvalue weighted by atomic mass is 10.2. The summed E-state index contributed by atoms with van der Waals surface area (Å²) in [5.74, 6) is 0. The van der Waals surface area contributed by atoms with Crippen LogP contribution in [0.4, 0.5) is 0 Å². The van der Waals surface area contributed by atoms with Crippen LogP contribution in [0.2, 0.25) is 0 Å². The fraction of sp³-hybridized carbons (Fsp3) is 0.118. The molecule has 0 fully saturated rings. The molecule has 116 valence electrons. The average molecular weight is 325 g/mol. The minimum atomic E-state index is -0.340. The van der Waals surface area contributed by atoms with Crippen LogP contribution in [0.3, 0.4) is 0 Å². The summed E-state index contributed by atoms with van der Waals surface area (Å²) in [6.07, 6.45) is 5.01. The van der Waals surface area contributed by atoms with E-state index in [-0.39, 0.29) is 11.2 Å². The number of benzene rings is 1. The van der Waals surface area contributed by atoms with E-state index in [2.05, 4.69) is 4.98 Å². The molecule has 0 aliphatic carbocycles. The highest BCUT2D eigenvalue weighted by molar-refractivity contribution is 7.10. The molecule has 0 atom stereocenters. The third-order valence-corrected chi connectivity index (χ3v) is 4.28. The van der Waals surface area contributed by atoms with Gasteiger partial charge in [0, 0.05) is 31.2 Å². The third kappa shape index (κ3) is 3.07. The highest BCUT2D eigenvalue weighted by Gasteiger charge is 2.05. The number of hydrogen-bond acceptors (Lipinski definition) is 4. The molecule has 3 aromatic rings. The molecule has 0 bridgehead atoms. The molecule has 0 N–H and O–H groups in total. The van der Waals surface area contributed by atoms with E-state index in [9.17, 15) is 9.59 Å². The molecule has 2 heterocycles. The maximum absolute atomic E-state index is 12.1. The molecular weight excluding hydrogens is 310 g/mol. The van der Waals surface area contributed by atoms with E-state index in [0.717, 1.165) is 20.8 Å². The van der Waals surface area contributed by atoms with Gasteiger partial charge < -0.3 is 4.57 Å². The highest BCUT2D eigenvalue weighted by atomic mass is 32.1. The monoisotopic (exact) mass is 325 g/mol. The van der Waals surface area contributed by atoms with Crippen LogP contribution in [0.5, 0.6) is 0 Å². The van der Waals surface area contributed by atoms with Gasteiger partial charge in [0.1, 0.15) is 5.01 Å². The number of nitrogens with zero attached hydrogens (tertiary/aromatic N) is 3. The molecule has 0 aliphatic rings. The van der Waals surface area contributed by atoms with Crippen molar-refractivity contribution in [2.75, 3.05) is 0 Å². The van der Waals surface area contributed by atoms with Crippen LogP contribution in [0.1, 0.15) is 10.6 Å². The minimum absolute atomic E-state index is 0.316. The van der Waals surface area contributed by atoms with Gasteiger partial charge in [-0.1, -0.05) is 30.3 Å². The Bertz CT molecular complexity index is 981. The minimum Gasteiger partial charge on any atom is -0.303 e. The fourth-order valence-corrected chi connectivity index (χ4v) is 2.94. The molecule has 0 radical (unpaired) electrons. The Morgan fingerprint density at radius 1 is 1.09 bits per heavy atom. The maximum Gasteiger partial charge on any atom is 0.330 e. The van der Waals surface area contributed by atoms with Crippen molar-refractivity contribution >= 4 is 23.5 Å². The average Bonchev–Trinajstić information content (AvgIpc) is 3.05. The summed E-state index contributed by atoms with van der Waals surface area (Å²) in [6, 6.07) is 9.92. The van der Waals surface area contributed by atoms with Crippen molar-refractivity contribution < 1.29 is 0 Å². The third-order valence-electron chi connectivity index (χ3n) is 3.47. The van der Waals surface area contributed by atoms with E-state index in [1.807, 2.05) is 35.7 Å². The first-order valence-corrected chi connectivity index (χ1v) is 7.90. The quantitative estimate of drug-likeness (QED) is 0.743. The molecule has 5 nitrogen and oxygen atoms in total. The van der Waals surface area contributed by atoms with Crippen molar-refractivity contribution in [1.82, 2.24) is 14.1 Å². The van der Waals surface area contributed by atoms with Crippen LogP contribution in [0.25, 0.3) is 23.4 Å². The van der Waals surface area contributed by atoms with Crippen molar-refractivity contribution in [3.05, 3.63) is 73.3 Å². The SMILES string of the molecule is Cn1cc(/C=C/c2nc(-c3ccccc3)cs2)c(=O)n(C)c1=O. The smallest absolute Gasteiger partial charge is 0.303 e. The zero-order valence-electron chi connectivity index (χ0n) is 12.8. The predicted octanol–water partition coefficient (Wildman–Crippen LogP) is 2.38. The van der Waals surface area contributed by atoms with Gasteiger partial charge in [-0.05, 0) is 12.2 Å². The summed E-state index contributed by atoms with van der Waals surface area (Å²) in [4.78, 5) is 28.3. The Morgan fingerprint density at radius 3 is 2.57 bits per heavy atom. The van der Waals surface area contributed by atoms with Gasteiger partial charge in [-0.15, -0.1) is 11.3 Å². The van der Waals surface area contributed by atoms with E-state index in [0.29, 0.717) is 5.56 Å². The summed E-state index contributed by atoms with van der Waals surface area (Å²) in [7, 11) is 3.09. The van der Waals surface area contributed by atoms with Crippen LogP contribution in [-0.2, 0) is 14.1 Å². The summed E-state index contributed by atoms with van der Waals surface area (Å²) < 4.78 is 2.48. The molecule has 0 aliphatic heterocycles. The molecule has 23 heavy (non-hydrogen) atoms. The second-order valence-electron chi connectivity index (χ2n) is 5.11. The first kappa shape index (κ1) is 15.2. The molecule has 0 saturated carbocycles. The lowest BCUT2D eigenvalue weighted by Gasteiger charge is -2.02. The Kier molecular flexibility index (Phi) is 4.08. The van der Waals surface area contributed by atoms with Crippen molar-refractivity contribution in [3.63, 3.8) is 0 Å². The number of rotatable bonds is 3. The number of aryl methyl sites for hydroxylation is 1. The van der Waals surface area contributed by atoms with Gasteiger partial charge in [-0.25, -0.2) is 9.78 Å². The number of hydrogen-bond donors (Lipinski definition) is 0. The van der Waals surface area contributed by atoms with Crippen molar-refractivity contribution in [3.8, 4) is 11.3 Å². The zero-order valence-corrected chi connectivity index (χ0v) is 13.6. The van der Waals surface area contributed by atoms with Gasteiger partial charge in [0.05, 0.1) is 11.3 Å². The first-order valence-electron chi connectivity index (χ1n) is 7.02. The van der Waals surface area contributed by atoms with Crippen molar-refractivity contribution in [2.45, 2.75) is 0 Å². The van der Waals surface area contributed by atoms with Gasteiger partial charge in [0.2, 0.25) is 0 Å². The first-order chi connectivity index (χ1) is 11.1. The van der Waals surface area contributed by atoms with E-state index in [4.69, 9.17) is 0 Å². The molecule has 0 saturated heterocycles. The summed E-state index contributed by atoms with van der Waals surface area (Å²) in [5.41, 5.74) is 1.76. The van der Waals surface area contributed by atoms with Gasteiger partial charge in [0.25, 0.3) is 5.56 Å². The molecular formula is C17H15N3O2S. The topological polar surface area (TPSA) is 56.9 Å². The Morgan fingerprint density at radius 2 is 1.83 bits per heavy atom. The van der Waals surface area contributed by atoms with E-state index < -0.39 is 0 Å². The van der Waals surface area contributed by atoms with E-state index in [1.165, 1.54) is 29.1 Å². The largest absolute Gasteiger partial charge is 0.330 e. The highest BCUT2D eigenvalue weighted by Crippen LogP contribution is 2.22. The van der Waals surface area contributed by atoms with E-state index in [1.54, 1.807) is 19.2 Å². The van der Waals surface area contributed by atoms with Crippen LogP contribution >= 0.6 is 11.3 Å². The van der Waals surface area contributed by atoms with Crippen molar-refractivity contribution in [1.29, 1.82) is 0 Å². The van der Waals surface area contributed by atoms with E-state index >= 15 is 0 Å². The molecule has 0 amide bonds. The lowest BCUT2D eigenvalue weighted by molar-refractivity contribution is 0.683. The van der Waals surface area contributed by atoms with Crippen LogP contribution in [0, 0.1) is 0 Å². The molecule has 3 rings (SSSR count). The summed E-state index contributed by atoms with van der Waals surface area (Å²) >= 11 is 1.51. The van der Waals surface area contributed by atoms with Crippen LogP contribution in [-0.4, -0.2) is 14.1 Å². The fourth-order valence-electron chi connectivity index (χ4n) is 2.22. The van der Waals surface area contributed by atoms with Gasteiger partial charge >= 0.3 is 5.69 Å². The van der Waals surface area contributed by atoms with Gasteiger partial charge in [-0.2, -0.15) is 0 Å².